The molecule has 32 heavy (non-hydrogen) atoms. The first kappa shape index (κ1) is 24.7. The second-order valence-corrected chi connectivity index (χ2v) is 9.73. The number of hydrogen-bond donors (Lipinski definition) is 0. The molecule has 5 unspecified atom stereocenters. The lowest BCUT2D eigenvalue weighted by Crippen LogP contribution is -2.41. The number of carbonyl (C=O) groups excluding carboxylic acids is 1. The lowest BCUT2D eigenvalue weighted by Gasteiger charge is -2.48. The van der Waals surface area contributed by atoms with Crippen molar-refractivity contribution in [2.24, 2.45) is 11.3 Å². The molecule has 1 saturated carbocycles. The maximum absolute atomic E-state index is 13.2. The summed E-state index contributed by atoms with van der Waals surface area (Å²) in [4.78, 5) is 13.2. The highest BCUT2D eigenvalue weighted by Gasteiger charge is 2.63. The van der Waals surface area contributed by atoms with E-state index in [0.717, 1.165) is 29.7 Å². The smallest absolute Gasteiger partial charge is 0.348 e. The van der Waals surface area contributed by atoms with Crippen molar-refractivity contribution in [3.8, 4) is 11.7 Å². The van der Waals surface area contributed by atoms with Crippen LogP contribution in [0.5, 0.6) is 5.75 Å². The zero-order valence-electron chi connectivity index (χ0n) is 19.4. The van der Waals surface area contributed by atoms with Crippen molar-refractivity contribution in [3.05, 3.63) is 63.6 Å². The molecular weight excluding hydrogens is 440 g/mol. The Morgan fingerprint density at radius 2 is 1.81 bits per heavy atom. The van der Waals surface area contributed by atoms with Crippen molar-refractivity contribution >= 4 is 35.6 Å². The van der Waals surface area contributed by atoms with Crippen molar-refractivity contribution < 1.29 is 9.53 Å². The zero-order valence-corrected chi connectivity index (χ0v) is 20.9. The van der Waals surface area contributed by atoms with Gasteiger partial charge < -0.3 is 9.53 Å². The molecule has 4 rings (SSSR count). The van der Waals surface area contributed by atoms with E-state index in [1.165, 1.54) is 0 Å². The van der Waals surface area contributed by atoms with E-state index >= 15 is 0 Å². The monoisotopic (exact) mass is 469 g/mol. The minimum atomic E-state index is -0.556. The second-order valence-electron chi connectivity index (χ2n) is 8.88. The van der Waals surface area contributed by atoms with Crippen LogP contribution in [0.1, 0.15) is 63.5 Å². The average molecular weight is 470 g/mol. The maximum Gasteiger partial charge on any atom is 0.348 e. The minimum absolute atomic E-state index is 0.0204. The molecule has 3 nitrogen and oxygen atoms in total. The van der Waals surface area contributed by atoms with Crippen LogP contribution in [0.2, 0.25) is 15.9 Å². The molecule has 168 valence electrons. The molecule has 2 fully saturated rings. The number of hydrogen-bond acceptors (Lipinski definition) is 3. The first-order chi connectivity index (χ1) is 15.3. The number of nitrogens with zero attached hydrogens (tertiary/aromatic N) is 1. The van der Waals surface area contributed by atoms with Crippen molar-refractivity contribution in [2.45, 2.75) is 58.2 Å². The molecule has 0 spiro atoms. The number of nitriles is 1. The third-order valence-electron chi connectivity index (χ3n) is 7.47. The molecule has 0 N–H and O–H groups in total. The topological polar surface area (TPSA) is 50.1 Å². The highest BCUT2D eigenvalue weighted by Crippen LogP contribution is 2.63. The van der Waals surface area contributed by atoms with Gasteiger partial charge in [0.15, 0.2) is 0 Å². The minimum Gasteiger partial charge on any atom is -0.497 e. The highest BCUT2D eigenvalue weighted by molar-refractivity contribution is 6.98. The highest BCUT2D eigenvalue weighted by atomic mass is 35.5. The predicted molar refractivity (Wildman–Crippen MR) is 133 cm³/mol. The summed E-state index contributed by atoms with van der Waals surface area (Å²) in [6.07, 6.45) is 1.60. The van der Waals surface area contributed by atoms with E-state index in [-0.39, 0.29) is 29.3 Å². The van der Waals surface area contributed by atoms with E-state index in [2.05, 4.69) is 31.9 Å². The Morgan fingerprint density at radius 3 is 2.38 bits per heavy atom. The fourth-order valence-corrected chi connectivity index (χ4v) is 6.47. The molecular formula is C26H30BCl2NO2. The molecule has 0 amide bonds. The Labute approximate surface area is 202 Å². The van der Waals surface area contributed by atoms with Crippen LogP contribution < -0.4 is 4.74 Å². The van der Waals surface area contributed by atoms with Crippen LogP contribution in [0, 0.1) is 22.6 Å². The Kier molecular flexibility index (Phi) is 7.63. The van der Waals surface area contributed by atoms with E-state index in [1.807, 2.05) is 44.2 Å². The van der Waals surface area contributed by atoms with Crippen LogP contribution in [0.4, 0.5) is 0 Å². The van der Waals surface area contributed by atoms with Crippen LogP contribution in [0.15, 0.2) is 42.5 Å². The molecule has 2 aromatic rings. The van der Waals surface area contributed by atoms with Gasteiger partial charge in [-0.2, -0.15) is 0 Å². The Balaban J connectivity index is 0.00000141. The van der Waals surface area contributed by atoms with Gasteiger partial charge in [0.2, 0.25) is 0 Å². The van der Waals surface area contributed by atoms with E-state index in [1.54, 1.807) is 7.11 Å². The first-order valence-corrected chi connectivity index (χ1v) is 12.1. The summed E-state index contributed by atoms with van der Waals surface area (Å²) in [7, 11) is 1.63. The number of methoxy groups -OCH3 is 1. The lowest BCUT2D eigenvalue weighted by molar-refractivity contribution is -0.123. The number of rotatable bonds is 3. The Morgan fingerprint density at radius 1 is 1.16 bits per heavy atom. The van der Waals surface area contributed by atoms with E-state index in [9.17, 15) is 10.1 Å². The number of halogens is 2. The SMILES string of the molecule is CC.COc1ccc(C2CCC3(C)C(=O)B(C#N)C(C)C3C2c2ccc(Cl)cc2)c(Cl)c1. The van der Waals surface area contributed by atoms with Gasteiger partial charge in [0.25, 0.3) is 0 Å². The average Bonchev–Trinajstić information content (AvgIpc) is 3.00. The fraction of sp³-hybridized carbons (Fsp3) is 0.462. The Hall–Kier alpha value is -1.96. The number of fused-ring (bicyclic) bond motifs is 1. The third-order valence-corrected chi connectivity index (χ3v) is 8.05. The third kappa shape index (κ3) is 4.06. The molecule has 5 atom stereocenters. The second kappa shape index (κ2) is 9.90. The van der Waals surface area contributed by atoms with Crippen LogP contribution in [-0.4, -0.2) is 19.5 Å². The summed E-state index contributed by atoms with van der Waals surface area (Å²) in [6, 6.07) is 13.7. The molecule has 0 bridgehead atoms. The van der Waals surface area contributed by atoms with Gasteiger partial charge in [-0.3, -0.25) is 0 Å². The molecule has 2 aromatic carbocycles. The molecule has 1 aliphatic carbocycles. The molecule has 1 heterocycles. The summed E-state index contributed by atoms with van der Waals surface area (Å²) in [5, 5.41) is 11.1. The lowest BCUT2D eigenvalue weighted by atomic mass is 9.42. The van der Waals surface area contributed by atoms with Gasteiger partial charge in [0.1, 0.15) is 11.4 Å². The molecule has 6 heteroatoms. The molecule has 0 radical (unpaired) electrons. The normalized spacial score (nSPS) is 28.9. The molecule has 1 saturated heterocycles. The van der Waals surface area contributed by atoms with Crippen molar-refractivity contribution in [3.63, 3.8) is 0 Å². The van der Waals surface area contributed by atoms with Crippen LogP contribution in [0.25, 0.3) is 0 Å². The summed E-state index contributed by atoms with van der Waals surface area (Å²) in [6.45, 7) is 7.56. The van der Waals surface area contributed by atoms with Gasteiger partial charge >= 0.3 is 6.71 Å². The summed E-state index contributed by atoms with van der Waals surface area (Å²) >= 11 is 12.9. The molecule has 2 aliphatic rings. The van der Waals surface area contributed by atoms with E-state index in [4.69, 9.17) is 27.9 Å². The summed E-state index contributed by atoms with van der Waals surface area (Å²) in [5.74, 6) is 3.28. The van der Waals surface area contributed by atoms with Crippen molar-refractivity contribution in [1.29, 1.82) is 5.26 Å². The standard InChI is InChI=1S/C24H24BCl2NO2.C2H6/c1-14-22-21(15-4-6-16(26)7-5-15)19(18-9-8-17(30-3)12-20(18)27)10-11-24(22,2)23(29)25(14)13-28;1-2/h4-9,12,14,19,21-22H,10-11H2,1-3H3;1-2H3. The van der Waals surface area contributed by atoms with Crippen LogP contribution in [0.3, 0.4) is 0 Å². The Bertz CT molecular complexity index is 1020. The van der Waals surface area contributed by atoms with Gasteiger partial charge in [-0.05, 0) is 71.8 Å². The molecule has 1 aliphatic heterocycles. The van der Waals surface area contributed by atoms with Gasteiger partial charge in [-0.1, -0.05) is 69.1 Å². The maximum atomic E-state index is 13.2. The van der Waals surface area contributed by atoms with E-state index < -0.39 is 12.1 Å². The number of ether oxygens (including phenoxy) is 1. The van der Waals surface area contributed by atoms with E-state index in [0.29, 0.717) is 10.0 Å². The molecule has 0 aromatic heterocycles. The fourth-order valence-electron chi connectivity index (χ4n) is 6.03. The summed E-state index contributed by atoms with van der Waals surface area (Å²) in [5.41, 5.74) is 1.81. The van der Waals surface area contributed by atoms with Gasteiger partial charge in [0.05, 0.1) is 7.11 Å². The summed E-state index contributed by atoms with van der Waals surface area (Å²) < 4.78 is 5.33. The van der Waals surface area contributed by atoms with Crippen LogP contribution >= 0.6 is 23.2 Å². The van der Waals surface area contributed by atoms with Gasteiger partial charge in [-0.15, -0.1) is 0 Å². The number of benzene rings is 2. The van der Waals surface area contributed by atoms with Crippen molar-refractivity contribution in [1.82, 2.24) is 0 Å². The predicted octanol–water partition coefficient (Wildman–Crippen LogP) is 7.38. The zero-order chi connectivity index (χ0) is 23.6. The van der Waals surface area contributed by atoms with Crippen LogP contribution in [-0.2, 0) is 4.79 Å². The van der Waals surface area contributed by atoms with Crippen molar-refractivity contribution in [2.75, 3.05) is 7.11 Å². The number of carbonyl (C=O) groups is 1. The van der Waals surface area contributed by atoms with Gasteiger partial charge in [-0.25, -0.2) is 5.26 Å². The largest absolute Gasteiger partial charge is 0.497 e. The first-order valence-electron chi connectivity index (χ1n) is 11.3. The quantitative estimate of drug-likeness (QED) is 0.440. The van der Waals surface area contributed by atoms with Gasteiger partial charge in [0, 0.05) is 21.4 Å².